The van der Waals surface area contributed by atoms with E-state index in [1.807, 2.05) is 35.2 Å². The van der Waals surface area contributed by atoms with E-state index in [1.165, 1.54) is 0 Å². The Bertz CT molecular complexity index is 1490. The van der Waals surface area contributed by atoms with Crippen LogP contribution in [0.2, 0.25) is 0 Å². The molecule has 2 aromatic carbocycles. The lowest BCUT2D eigenvalue weighted by Gasteiger charge is -2.36. The fourth-order valence-electron chi connectivity index (χ4n) is 5.64. The average Bonchev–Trinajstić information content (AvgIpc) is 3.58. The van der Waals surface area contributed by atoms with Crippen LogP contribution in [0.5, 0.6) is 23.0 Å². The number of anilines is 1. The van der Waals surface area contributed by atoms with Gasteiger partial charge in [0.1, 0.15) is 6.54 Å². The van der Waals surface area contributed by atoms with Crippen LogP contribution in [0.1, 0.15) is 10.4 Å². The molecule has 3 aromatic rings. The van der Waals surface area contributed by atoms with Crippen molar-refractivity contribution in [2.75, 3.05) is 98.0 Å². The number of carbonyl (C=O) groups excluding carboxylic acids is 2. The van der Waals surface area contributed by atoms with Gasteiger partial charge in [0.15, 0.2) is 28.8 Å². The number of amides is 2. The zero-order valence-electron chi connectivity index (χ0n) is 25.6. The maximum absolute atomic E-state index is 13.6. The van der Waals surface area contributed by atoms with Crippen molar-refractivity contribution >= 4 is 17.6 Å². The van der Waals surface area contributed by atoms with Crippen LogP contribution in [0.15, 0.2) is 48.5 Å². The molecular formula is C32H38N6O7. The van der Waals surface area contributed by atoms with Crippen molar-refractivity contribution in [3.63, 3.8) is 0 Å². The number of carbonyl (C=O) groups is 2. The third-order valence-electron chi connectivity index (χ3n) is 8.31. The summed E-state index contributed by atoms with van der Waals surface area (Å²) in [5.41, 5.74) is 2.06. The van der Waals surface area contributed by atoms with Gasteiger partial charge in [-0.1, -0.05) is 0 Å². The minimum absolute atomic E-state index is 0.00254. The van der Waals surface area contributed by atoms with Gasteiger partial charge in [0.2, 0.25) is 12.7 Å². The van der Waals surface area contributed by atoms with Crippen molar-refractivity contribution in [1.82, 2.24) is 24.9 Å². The molecule has 6 rings (SSSR count). The molecule has 0 bridgehead atoms. The second-order valence-electron chi connectivity index (χ2n) is 11.0. The Morgan fingerprint density at radius 3 is 2.36 bits per heavy atom. The van der Waals surface area contributed by atoms with E-state index >= 15 is 0 Å². The molecule has 0 aliphatic carbocycles. The third-order valence-corrected chi connectivity index (χ3v) is 8.31. The largest absolute Gasteiger partial charge is 0.493 e. The number of fused-ring (bicyclic) bond motifs is 1. The number of nitrogens with zero attached hydrogens (tertiary/aromatic N) is 6. The summed E-state index contributed by atoms with van der Waals surface area (Å²) in [5.74, 6) is 2.88. The molecule has 3 aliphatic rings. The Kier molecular flexibility index (Phi) is 9.46. The molecule has 0 unspecified atom stereocenters. The van der Waals surface area contributed by atoms with Crippen LogP contribution in [0.3, 0.4) is 0 Å². The molecular weight excluding hydrogens is 580 g/mol. The highest BCUT2D eigenvalue weighted by Crippen LogP contribution is 2.33. The summed E-state index contributed by atoms with van der Waals surface area (Å²) in [6.45, 7) is 6.44. The molecule has 0 radical (unpaired) electrons. The van der Waals surface area contributed by atoms with Gasteiger partial charge in [0.25, 0.3) is 5.91 Å². The van der Waals surface area contributed by atoms with Crippen molar-refractivity contribution in [1.29, 1.82) is 0 Å². The number of rotatable bonds is 10. The van der Waals surface area contributed by atoms with Crippen LogP contribution in [0, 0.1) is 0 Å². The molecule has 3 aliphatic heterocycles. The molecule has 13 nitrogen and oxygen atoms in total. The molecule has 4 heterocycles. The first-order valence-electron chi connectivity index (χ1n) is 15.1. The highest BCUT2D eigenvalue weighted by atomic mass is 16.7. The second kappa shape index (κ2) is 14.0. The lowest BCUT2D eigenvalue weighted by molar-refractivity contribution is -0.132. The van der Waals surface area contributed by atoms with Gasteiger partial charge in [-0.25, -0.2) is 0 Å². The number of hydrogen-bond acceptors (Lipinski definition) is 11. The number of piperazine rings is 1. The van der Waals surface area contributed by atoms with E-state index in [4.69, 9.17) is 23.7 Å². The molecule has 2 amide bonds. The highest BCUT2D eigenvalue weighted by Gasteiger charge is 2.27. The molecule has 238 valence electrons. The Morgan fingerprint density at radius 1 is 0.844 bits per heavy atom. The molecule has 1 aromatic heterocycles. The minimum atomic E-state index is -0.210. The van der Waals surface area contributed by atoms with Crippen LogP contribution >= 0.6 is 0 Å². The molecule has 2 fully saturated rings. The topological polar surface area (TPSA) is 119 Å². The molecule has 13 heteroatoms. The van der Waals surface area contributed by atoms with Crippen molar-refractivity contribution in [2.45, 2.75) is 0 Å². The summed E-state index contributed by atoms with van der Waals surface area (Å²) in [6, 6.07) is 14.6. The monoisotopic (exact) mass is 618 g/mol. The molecule has 2 saturated heterocycles. The van der Waals surface area contributed by atoms with E-state index in [9.17, 15) is 9.59 Å². The van der Waals surface area contributed by atoms with Gasteiger partial charge in [-0.3, -0.25) is 14.5 Å². The van der Waals surface area contributed by atoms with Crippen LogP contribution in [-0.2, 0) is 9.53 Å². The van der Waals surface area contributed by atoms with E-state index < -0.39 is 0 Å². The summed E-state index contributed by atoms with van der Waals surface area (Å²) in [7, 11) is 3.20. The van der Waals surface area contributed by atoms with E-state index in [0.717, 1.165) is 30.2 Å². The standard InChI is InChI=1S/C32H38N6O7/c1-41-26-6-3-23(19-28(26)42-2)25-5-8-30(34-33-25)36-11-13-37(14-12-36)31(39)21-38(10-9-35-15-17-43-18-16-35)32(40)24-4-7-27-29(20-24)45-22-44-27/h3-8,19-20H,9-18,21-22H2,1-2H3. The summed E-state index contributed by atoms with van der Waals surface area (Å²) >= 11 is 0. The quantitative estimate of drug-likeness (QED) is 0.332. The zero-order valence-corrected chi connectivity index (χ0v) is 25.6. The molecule has 0 saturated carbocycles. The van der Waals surface area contributed by atoms with E-state index in [0.29, 0.717) is 81.0 Å². The van der Waals surface area contributed by atoms with Crippen LogP contribution in [0.25, 0.3) is 11.3 Å². The van der Waals surface area contributed by atoms with Gasteiger partial charge in [0, 0.05) is 63.5 Å². The lowest BCUT2D eigenvalue weighted by atomic mass is 10.1. The van der Waals surface area contributed by atoms with Gasteiger partial charge in [0.05, 0.1) is 33.1 Å². The summed E-state index contributed by atoms with van der Waals surface area (Å²) in [6.07, 6.45) is 0. The smallest absolute Gasteiger partial charge is 0.254 e. The van der Waals surface area contributed by atoms with Crippen molar-refractivity contribution in [2.24, 2.45) is 0 Å². The fourth-order valence-corrected chi connectivity index (χ4v) is 5.64. The fraction of sp³-hybridized carbons (Fsp3) is 0.438. The predicted octanol–water partition coefficient (Wildman–Crippen LogP) is 2.01. The molecule has 0 atom stereocenters. The van der Waals surface area contributed by atoms with E-state index in [-0.39, 0.29) is 25.2 Å². The first-order valence-corrected chi connectivity index (χ1v) is 15.1. The SMILES string of the molecule is COc1ccc(-c2ccc(N3CCN(C(=O)CN(CCN4CCOCC4)C(=O)c4ccc5c(c4)OCO5)CC3)nn2)cc1OC. The van der Waals surface area contributed by atoms with Gasteiger partial charge in [-0.15, -0.1) is 10.2 Å². The minimum Gasteiger partial charge on any atom is -0.493 e. The summed E-state index contributed by atoms with van der Waals surface area (Å²) < 4.78 is 27.1. The zero-order chi connectivity index (χ0) is 31.2. The molecule has 45 heavy (non-hydrogen) atoms. The summed E-state index contributed by atoms with van der Waals surface area (Å²) in [5, 5.41) is 8.90. The van der Waals surface area contributed by atoms with Gasteiger partial charge >= 0.3 is 0 Å². The maximum atomic E-state index is 13.6. The van der Waals surface area contributed by atoms with Crippen molar-refractivity contribution < 1.29 is 33.3 Å². The number of aromatic nitrogens is 2. The van der Waals surface area contributed by atoms with Gasteiger partial charge < -0.3 is 38.4 Å². The van der Waals surface area contributed by atoms with Crippen molar-refractivity contribution in [3.05, 3.63) is 54.1 Å². The Balaban J connectivity index is 1.07. The number of morpholine rings is 1. The van der Waals surface area contributed by atoms with Crippen LogP contribution in [-0.4, -0.2) is 130 Å². The number of methoxy groups -OCH3 is 2. The second-order valence-corrected chi connectivity index (χ2v) is 11.0. The first-order chi connectivity index (χ1) is 22.0. The van der Waals surface area contributed by atoms with E-state index in [2.05, 4.69) is 20.0 Å². The molecule has 0 N–H and O–H groups in total. The third kappa shape index (κ3) is 7.04. The average molecular weight is 619 g/mol. The first kappa shape index (κ1) is 30.4. The number of hydrogen-bond donors (Lipinski definition) is 0. The normalized spacial score (nSPS) is 16.4. The van der Waals surface area contributed by atoms with Gasteiger partial charge in [-0.2, -0.15) is 0 Å². The lowest BCUT2D eigenvalue weighted by Crippen LogP contribution is -2.53. The highest BCUT2D eigenvalue weighted by molar-refractivity contribution is 5.97. The predicted molar refractivity (Wildman–Crippen MR) is 165 cm³/mol. The Labute approximate surface area is 262 Å². The van der Waals surface area contributed by atoms with Gasteiger partial charge in [-0.05, 0) is 48.5 Å². The van der Waals surface area contributed by atoms with Crippen LogP contribution < -0.4 is 23.8 Å². The summed E-state index contributed by atoms with van der Waals surface area (Å²) in [4.78, 5) is 35.0. The van der Waals surface area contributed by atoms with E-state index in [1.54, 1.807) is 37.3 Å². The molecule has 0 spiro atoms. The Hall–Kier alpha value is -4.62. The van der Waals surface area contributed by atoms with Crippen LogP contribution in [0.4, 0.5) is 5.82 Å². The number of ether oxygens (including phenoxy) is 5. The maximum Gasteiger partial charge on any atom is 0.254 e. The number of benzene rings is 2. The Morgan fingerprint density at radius 2 is 1.62 bits per heavy atom. The van der Waals surface area contributed by atoms with Crippen molar-refractivity contribution in [3.8, 4) is 34.3 Å².